The van der Waals surface area contributed by atoms with Crippen molar-refractivity contribution < 1.29 is 9.72 Å². The molecule has 5 heteroatoms. The summed E-state index contributed by atoms with van der Waals surface area (Å²) < 4.78 is 0. The van der Waals surface area contributed by atoms with Crippen molar-refractivity contribution in [2.45, 2.75) is 19.3 Å². The molecule has 1 amide bonds. The zero-order valence-corrected chi connectivity index (χ0v) is 8.76. The summed E-state index contributed by atoms with van der Waals surface area (Å²) in [6.45, 7) is 0.653. The molecule has 1 aliphatic rings. The first-order chi connectivity index (χ1) is 7.68. The van der Waals surface area contributed by atoms with Crippen molar-refractivity contribution in [3.8, 4) is 0 Å². The summed E-state index contributed by atoms with van der Waals surface area (Å²) in [5.41, 5.74) is 0.648. The number of carbonyl (C=O) groups excluding carboxylic acids is 1. The molecule has 2 rings (SSSR count). The molecule has 0 aromatic heterocycles. The Hall–Kier alpha value is -1.91. The number of non-ortho nitro benzene ring substituents is 1. The molecule has 1 aromatic rings. The van der Waals surface area contributed by atoms with E-state index in [1.165, 1.54) is 12.1 Å². The molecule has 0 unspecified atom stereocenters. The van der Waals surface area contributed by atoms with Gasteiger partial charge < -0.3 is 4.90 Å². The highest BCUT2D eigenvalue weighted by Gasteiger charge is 2.20. The molecule has 1 aliphatic heterocycles. The Morgan fingerprint density at radius 2 is 2.12 bits per heavy atom. The Kier molecular flexibility index (Phi) is 2.85. The van der Waals surface area contributed by atoms with Crippen LogP contribution in [0.15, 0.2) is 24.3 Å². The van der Waals surface area contributed by atoms with Crippen LogP contribution in [0.25, 0.3) is 0 Å². The SMILES string of the molecule is O=C1CCCCN1c1cccc([N+](=O)[O-])c1. The highest BCUT2D eigenvalue weighted by Crippen LogP contribution is 2.24. The molecule has 0 saturated carbocycles. The fraction of sp³-hybridized carbons (Fsp3) is 0.364. The second-order valence-electron chi connectivity index (χ2n) is 3.78. The standard InChI is InChI=1S/C11H12N2O3/c14-11-6-1-2-7-12(11)9-4-3-5-10(8-9)13(15)16/h3-5,8H,1-2,6-7H2. The van der Waals surface area contributed by atoms with Gasteiger partial charge in [-0.3, -0.25) is 14.9 Å². The molecule has 0 aliphatic carbocycles. The van der Waals surface area contributed by atoms with Gasteiger partial charge in [-0.2, -0.15) is 0 Å². The van der Waals surface area contributed by atoms with Crippen LogP contribution in [0, 0.1) is 10.1 Å². The first kappa shape index (κ1) is 10.6. The molecular formula is C11H12N2O3. The molecule has 1 fully saturated rings. The van der Waals surface area contributed by atoms with Gasteiger partial charge in [0.15, 0.2) is 0 Å². The molecule has 16 heavy (non-hydrogen) atoms. The lowest BCUT2D eigenvalue weighted by Gasteiger charge is -2.26. The Morgan fingerprint density at radius 3 is 2.81 bits per heavy atom. The van der Waals surface area contributed by atoms with E-state index in [9.17, 15) is 14.9 Å². The number of hydrogen-bond acceptors (Lipinski definition) is 3. The maximum Gasteiger partial charge on any atom is 0.271 e. The topological polar surface area (TPSA) is 63.5 Å². The van der Waals surface area contributed by atoms with Crippen LogP contribution >= 0.6 is 0 Å². The average molecular weight is 220 g/mol. The molecule has 0 N–H and O–H groups in total. The Labute approximate surface area is 92.8 Å². The molecule has 0 spiro atoms. The third-order valence-corrected chi connectivity index (χ3v) is 2.68. The Morgan fingerprint density at radius 1 is 1.31 bits per heavy atom. The van der Waals surface area contributed by atoms with Crippen LogP contribution in [0.2, 0.25) is 0 Å². The number of carbonyl (C=O) groups is 1. The number of anilines is 1. The minimum absolute atomic E-state index is 0.0240. The first-order valence-corrected chi connectivity index (χ1v) is 5.23. The first-order valence-electron chi connectivity index (χ1n) is 5.23. The quantitative estimate of drug-likeness (QED) is 0.566. The third kappa shape index (κ3) is 2.03. The van der Waals surface area contributed by atoms with Crippen molar-refractivity contribution in [3.05, 3.63) is 34.4 Å². The number of nitro groups is 1. The van der Waals surface area contributed by atoms with Gasteiger partial charge in [0, 0.05) is 25.1 Å². The summed E-state index contributed by atoms with van der Waals surface area (Å²) in [4.78, 5) is 23.4. The predicted octanol–water partition coefficient (Wildman–Crippen LogP) is 2.11. The molecular weight excluding hydrogens is 208 g/mol. The fourth-order valence-electron chi connectivity index (χ4n) is 1.85. The summed E-state index contributed by atoms with van der Waals surface area (Å²) >= 11 is 0. The average Bonchev–Trinajstić information content (AvgIpc) is 2.30. The summed E-state index contributed by atoms with van der Waals surface area (Å²) in [7, 11) is 0. The number of nitro benzene ring substituents is 1. The summed E-state index contributed by atoms with van der Waals surface area (Å²) in [6, 6.07) is 6.21. The molecule has 0 bridgehead atoms. The second kappa shape index (κ2) is 4.30. The normalized spacial score (nSPS) is 16.2. The smallest absolute Gasteiger partial charge is 0.271 e. The van der Waals surface area contributed by atoms with E-state index in [0.717, 1.165) is 12.8 Å². The molecule has 1 heterocycles. The van der Waals surface area contributed by atoms with Crippen molar-refractivity contribution in [2.24, 2.45) is 0 Å². The van der Waals surface area contributed by atoms with Gasteiger partial charge in [-0.05, 0) is 18.9 Å². The van der Waals surface area contributed by atoms with E-state index < -0.39 is 4.92 Å². The number of piperidine rings is 1. The second-order valence-corrected chi connectivity index (χ2v) is 3.78. The number of amides is 1. The summed E-state index contributed by atoms with van der Waals surface area (Å²) in [5.74, 6) is 0.0479. The van der Waals surface area contributed by atoms with Gasteiger partial charge in [-0.1, -0.05) is 6.07 Å². The third-order valence-electron chi connectivity index (χ3n) is 2.68. The van der Waals surface area contributed by atoms with Crippen LogP contribution in [0.1, 0.15) is 19.3 Å². The predicted molar refractivity (Wildman–Crippen MR) is 59.3 cm³/mol. The van der Waals surface area contributed by atoms with Gasteiger partial charge in [0.1, 0.15) is 0 Å². The molecule has 0 atom stereocenters. The molecule has 5 nitrogen and oxygen atoms in total. The molecule has 1 saturated heterocycles. The number of nitrogens with zero attached hydrogens (tertiary/aromatic N) is 2. The van der Waals surface area contributed by atoms with Crippen molar-refractivity contribution in [2.75, 3.05) is 11.4 Å². The summed E-state index contributed by atoms with van der Waals surface area (Å²) in [5, 5.41) is 10.6. The van der Waals surface area contributed by atoms with Crippen LogP contribution < -0.4 is 4.90 Å². The van der Waals surface area contributed by atoms with E-state index in [1.807, 2.05) is 0 Å². The largest absolute Gasteiger partial charge is 0.312 e. The van der Waals surface area contributed by atoms with Crippen LogP contribution in [0.4, 0.5) is 11.4 Å². The van der Waals surface area contributed by atoms with E-state index in [-0.39, 0.29) is 11.6 Å². The van der Waals surface area contributed by atoms with Gasteiger partial charge in [-0.25, -0.2) is 0 Å². The van der Waals surface area contributed by atoms with Gasteiger partial charge in [0.2, 0.25) is 5.91 Å². The minimum Gasteiger partial charge on any atom is -0.312 e. The maximum absolute atomic E-state index is 11.6. The van der Waals surface area contributed by atoms with Gasteiger partial charge in [0.25, 0.3) is 5.69 Å². The highest BCUT2D eigenvalue weighted by atomic mass is 16.6. The van der Waals surface area contributed by atoms with E-state index in [0.29, 0.717) is 18.7 Å². The monoisotopic (exact) mass is 220 g/mol. The Balaban J connectivity index is 2.28. The van der Waals surface area contributed by atoms with Crippen LogP contribution in [0.5, 0.6) is 0 Å². The van der Waals surface area contributed by atoms with Gasteiger partial charge >= 0.3 is 0 Å². The highest BCUT2D eigenvalue weighted by molar-refractivity contribution is 5.94. The van der Waals surface area contributed by atoms with Gasteiger partial charge in [0.05, 0.1) is 10.6 Å². The number of hydrogen-bond donors (Lipinski definition) is 0. The number of benzene rings is 1. The zero-order chi connectivity index (χ0) is 11.5. The number of rotatable bonds is 2. The van der Waals surface area contributed by atoms with Crippen molar-refractivity contribution in [1.29, 1.82) is 0 Å². The molecule has 1 aromatic carbocycles. The lowest BCUT2D eigenvalue weighted by Crippen LogP contribution is -2.35. The van der Waals surface area contributed by atoms with E-state index in [1.54, 1.807) is 17.0 Å². The lowest BCUT2D eigenvalue weighted by molar-refractivity contribution is -0.384. The van der Waals surface area contributed by atoms with Crippen molar-refractivity contribution in [1.82, 2.24) is 0 Å². The fourth-order valence-corrected chi connectivity index (χ4v) is 1.85. The molecule has 84 valence electrons. The van der Waals surface area contributed by atoms with Crippen LogP contribution in [0.3, 0.4) is 0 Å². The van der Waals surface area contributed by atoms with Crippen LogP contribution in [-0.2, 0) is 4.79 Å². The van der Waals surface area contributed by atoms with Crippen molar-refractivity contribution in [3.63, 3.8) is 0 Å². The minimum atomic E-state index is -0.447. The lowest BCUT2D eigenvalue weighted by atomic mass is 10.1. The van der Waals surface area contributed by atoms with Crippen molar-refractivity contribution >= 4 is 17.3 Å². The van der Waals surface area contributed by atoms with Gasteiger partial charge in [-0.15, -0.1) is 0 Å². The van der Waals surface area contributed by atoms with E-state index in [2.05, 4.69) is 0 Å². The van der Waals surface area contributed by atoms with Crippen LogP contribution in [-0.4, -0.2) is 17.4 Å². The summed E-state index contributed by atoms with van der Waals surface area (Å²) in [6.07, 6.45) is 2.39. The zero-order valence-electron chi connectivity index (χ0n) is 8.76. The van der Waals surface area contributed by atoms with E-state index >= 15 is 0 Å². The van der Waals surface area contributed by atoms with E-state index in [4.69, 9.17) is 0 Å². The Bertz CT molecular complexity index is 431. The maximum atomic E-state index is 11.6. The molecule has 0 radical (unpaired) electrons.